The number of likely N-dealkylation sites (N-methyl/N-ethyl adjacent to an activating group) is 1. The molecule has 1 aromatic heterocycles. The molecule has 3 heterocycles. The van der Waals surface area contributed by atoms with Gasteiger partial charge in [-0.2, -0.15) is 4.31 Å². The number of anilines is 2. The van der Waals surface area contributed by atoms with Crippen LogP contribution < -0.4 is 20.3 Å². The summed E-state index contributed by atoms with van der Waals surface area (Å²) in [6, 6.07) is 7.81. The van der Waals surface area contributed by atoms with Crippen LogP contribution in [0.15, 0.2) is 24.3 Å². The summed E-state index contributed by atoms with van der Waals surface area (Å²) in [6.07, 6.45) is 1.19. The SMILES string of the molecule is CCS(=O)(=O)N1CCN(c2nc(-c3cccc(OCC(O)CNC)c3)nc(NC3CCOCC3)c2C)CC1. The van der Waals surface area contributed by atoms with Gasteiger partial charge in [-0.05, 0) is 45.9 Å². The van der Waals surface area contributed by atoms with Crippen molar-refractivity contribution in [3.05, 3.63) is 29.8 Å². The summed E-state index contributed by atoms with van der Waals surface area (Å²) < 4.78 is 37.6. The second kappa shape index (κ2) is 13.0. The first-order valence-corrected chi connectivity index (χ1v) is 14.9. The number of piperazine rings is 1. The summed E-state index contributed by atoms with van der Waals surface area (Å²) in [7, 11) is -1.44. The Bertz CT molecular complexity index is 1170. The van der Waals surface area contributed by atoms with Crippen LogP contribution in [0.3, 0.4) is 0 Å². The van der Waals surface area contributed by atoms with Gasteiger partial charge in [0.25, 0.3) is 0 Å². The molecule has 38 heavy (non-hydrogen) atoms. The first-order chi connectivity index (χ1) is 18.3. The van der Waals surface area contributed by atoms with Crippen LogP contribution in [0.25, 0.3) is 11.4 Å². The number of hydrogen-bond donors (Lipinski definition) is 3. The topological polar surface area (TPSA) is 129 Å². The van der Waals surface area contributed by atoms with Crippen molar-refractivity contribution in [1.29, 1.82) is 0 Å². The molecule has 0 radical (unpaired) electrons. The second-order valence-corrected chi connectivity index (χ2v) is 12.0. The van der Waals surface area contributed by atoms with Crippen molar-refractivity contribution in [2.45, 2.75) is 38.8 Å². The number of sulfonamides is 1. The van der Waals surface area contributed by atoms with Gasteiger partial charge in [0.15, 0.2) is 5.82 Å². The highest BCUT2D eigenvalue weighted by Crippen LogP contribution is 2.31. The zero-order valence-corrected chi connectivity index (χ0v) is 23.3. The van der Waals surface area contributed by atoms with Gasteiger partial charge in [0, 0.05) is 63.1 Å². The monoisotopic (exact) mass is 548 g/mol. The van der Waals surface area contributed by atoms with Gasteiger partial charge in [0.2, 0.25) is 10.0 Å². The molecular weight excluding hydrogens is 508 g/mol. The Morgan fingerprint density at radius 3 is 2.61 bits per heavy atom. The van der Waals surface area contributed by atoms with Crippen molar-refractivity contribution in [1.82, 2.24) is 19.6 Å². The minimum atomic E-state index is -3.22. The van der Waals surface area contributed by atoms with Gasteiger partial charge in [-0.25, -0.2) is 18.4 Å². The van der Waals surface area contributed by atoms with Crippen molar-refractivity contribution >= 4 is 21.7 Å². The Balaban J connectivity index is 1.62. The van der Waals surface area contributed by atoms with Crippen LogP contribution in [0, 0.1) is 6.92 Å². The van der Waals surface area contributed by atoms with Crippen molar-refractivity contribution in [3.8, 4) is 17.1 Å². The van der Waals surface area contributed by atoms with Crippen LogP contribution in [0.4, 0.5) is 11.6 Å². The molecule has 210 valence electrons. The Hall–Kier alpha value is -2.51. The number of hydrogen-bond acceptors (Lipinski definition) is 10. The molecule has 0 amide bonds. The number of aliphatic hydroxyl groups excluding tert-OH is 1. The Kier molecular flexibility index (Phi) is 9.77. The average molecular weight is 549 g/mol. The first-order valence-electron chi connectivity index (χ1n) is 13.3. The fraction of sp³-hybridized carbons (Fsp3) is 0.615. The minimum Gasteiger partial charge on any atom is -0.491 e. The fourth-order valence-electron chi connectivity index (χ4n) is 4.69. The summed E-state index contributed by atoms with van der Waals surface area (Å²) >= 11 is 0. The normalized spacial score (nSPS) is 18.4. The van der Waals surface area contributed by atoms with E-state index in [1.807, 2.05) is 31.2 Å². The lowest BCUT2D eigenvalue weighted by molar-refractivity contribution is 0.0904. The van der Waals surface area contributed by atoms with Crippen molar-refractivity contribution in [2.75, 3.05) is 75.6 Å². The minimum absolute atomic E-state index is 0.104. The molecule has 4 rings (SSSR count). The van der Waals surface area contributed by atoms with Crippen LogP contribution in [0.2, 0.25) is 0 Å². The highest BCUT2D eigenvalue weighted by atomic mass is 32.2. The second-order valence-electron chi connectivity index (χ2n) is 9.71. The third-order valence-corrected chi connectivity index (χ3v) is 8.83. The molecule has 2 fully saturated rings. The van der Waals surface area contributed by atoms with Crippen molar-refractivity contribution in [3.63, 3.8) is 0 Å². The lowest BCUT2D eigenvalue weighted by atomic mass is 10.1. The number of nitrogens with one attached hydrogen (secondary N) is 2. The van der Waals surface area contributed by atoms with Crippen LogP contribution in [0.1, 0.15) is 25.3 Å². The number of nitrogens with zero attached hydrogens (tertiary/aromatic N) is 4. The lowest BCUT2D eigenvalue weighted by Gasteiger charge is -2.35. The summed E-state index contributed by atoms with van der Waals surface area (Å²) in [5.41, 5.74) is 1.74. The van der Waals surface area contributed by atoms with Crippen LogP contribution in [-0.2, 0) is 14.8 Å². The molecule has 0 bridgehead atoms. The summed E-state index contributed by atoms with van der Waals surface area (Å²) in [5, 5.41) is 16.6. The number of ether oxygens (including phenoxy) is 2. The number of aromatic nitrogens is 2. The first kappa shape index (κ1) is 28.5. The molecule has 0 aliphatic carbocycles. The zero-order chi connectivity index (χ0) is 27.1. The van der Waals surface area contributed by atoms with Gasteiger partial charge in [-0.1, -0.05) is 12.1 Å². The summed E-state index contributed by atoms with van der Waals surface area (Å²) in [6.45, 7) is 7.70. The number of benzene rings is 1. The Morgan fingerprint density at radius 2 is 1.92 bits per heavy atom. The molecule has 2 saturated heterocycles. The smallest absolute Gasteiger partial charge is 0.213 e. The molecule has 1 atom stereocenters. The zero-order valence-electron chi connectivity index (χ0n) is 22.5. The summed E-state index contributed by atoms with van der Waals surface area (Å²) in [5.74, 6) is 2.86. The van der Waals surface area contributed by atoms with E-state index in [-0.39, 0.29) is 18.4 Å². The van der Waals surface area contributed by atoms with E-state index in [4.69, 9.17) is 19.4 Å². The van der Waals surface area contributed by atoms with E-state index in [2.05, 4.69) is 15.5 Å². The predicted molar refractivity (Wildman–Crippen MR) is 148 cm³/mol. The molecule has 0 spiro atoms. The maximum absolute atomic E-state index is 12.4. The fourth-order valence-corrected chi connectivity index (χ4v) is 5.77. The molecular formula is C26H40N6O5S. The van der Waals surface area contributed by atoms with E-state index in [9.17, 15) is 13.5 Å². The van der Waals surface area contributed by atoms with E-state index in [1.165, 1.54) is 0 Å². The molecule has 2 aliphatic heterocycles. The molecule has 0 saturated carbocycles. The van der Waals surface area contributed by atoms with Gasteiger partial charge in [0.05, 0.1) is 5.75 Å². The molecule has 12 heteroatoms. The van der Waals surface area contributed by atoms with Crippen LogP contribution in [-0.4, -0.2) is 105 Å². The van der Waals surface area contributed by atoms with Gasteiger partial charge >= 0.3 is 0 Å². The van der Waals surface area contributed by atoms with Gasteiger partial charge in [0.1, 0.15) is 30.1 Å². The molecule has 2 aliphatic rings. The third-order valence-electron chi connectivity index (χ3n) is 6.95. The molecule has 11 nitrogen and oxygen atoms in total. The highest BCUT2D eigenvalue weighted by molar-refractivity contribution is 7.89. The summed E-state index contributed by atoms with van der Waals surface area (Å²) in [4.78, 5) is 12.0. The lowest BCUT2D eigenvalue weighted by Crippen LogP contribution is -2.49. The van der Waals surface area contributed by atoms with E-state index >= 15 is 0 Å². The van der Waals surface area contributed by atoms with E-state index < -0.39 is 16.1 Å². The Morgan fingerprint density at radius 1 is 1.18 bits per heavy atom. The van der Waals surface area contributed by atoms with E-state index in [0.29, 0.717) is 57.5 Å². The maximum atomic E-state index is 12.4. The quantitative estimate of drug-likeness (QED) is 0.380. The average Bonchev–Trinajstić information content (AvgIpc) is 2.94. The number of aliphatic hydroxyl groups is 1. The number of rotatable bonds is 11. The van der Waals surface area contributed by atoms with Crippen molar-refractivity contribution in [2.24, 2.45) is 0 Å². The molecule has 2 aromatic rings. The molecule has 3 N–H and O–H groups in total. The van der Waals surface area contributed by atoms with Gasteiger partial charge in [-0.3, -0.25) is 0 Å². The predicted octanol–water partition coefficient (Wildman–Crippen LogP) is 1.47. The van der Waals surface area contributed by atoms with Gasteiger partial charge < -0.3 is 30.1 Å². The van der Waals surface area contributed by atoms with Crippen molar-refractivity contribution < 1.29 is 23.0 Å². The Labute approximate surface area is 225 Å². The molecule has 1 aromatic carbocycles. The van der Waals surface area contributed by atoms with E-state index in [1.54, 1.807) is 18.3 Å². The highest BCUT2D eigenvalue weighted by Gasteiger charge is 2.28. The standard InChI is InChI=1S/C26H40N6O5S/c1-4-38(34,35)32-12-10-31(11-13-32)26-19(2)24(28-21-8-14-36-15-9-21)29-25(30-26)20-6-5-7-23(16-20)37-18-22(33)17-27-3/h5-7,16,21-22,27,33H,4,8-15,17-18H2,1-3H3,(H,28,29,30). The largest absolute Gasteiger partial charge is 0.491 e. The third kappa shape index (κ3) is 7.11. The maximum Gasteiger partial charge on any atom is 0.213 e. The van der Waals surface area contributed by atoms with E-state index in [0.717, 1.165) is 35.6 Å². The van der Waals surface area contributed by atoms with Crippen LogP contribution >= 0.6 is 0 Å². The molecule has 1 unspecified atom stereocenters. The van der Waals surface area contributed by atoms with Crippen LogP contribution in [0.5, 0.6) is 5.75 Å². The van der Waals surface area contributed by atoms with Gasteiger partial charge in [-0.15, -0.1) is 0 Å².